The van der Waals surface area contributed by atoms with E-state index in [4.69, 9.17) is 5.73 Å². The topological polar surface area (TPSA) is 56.7 Å². The first-order chi connectivity index (χ1) is 9.94. The minimum Gasteiger partial charge on any atom is -0.384 e. The lowest BCUT2D eigenvalue weighted by atomic mass is 10.2. The molecule has 0 amide bonds. The predicted octanol–water partition coefficient (Wildman–Crippen LogP) is 3.24. The average Bonchev–Trinajstić information content (AvgIpc) is 2.76. The van der Waals surface area contributed by atoms with Crippen molar-refractivity contribution in [3.05, 3.63) is 42.6 Å². The lowest BCUT2D eigenvalue weighted by molar-refractivity contribution is -0.139. The summed E-state index contributed by atoms with van der Waals surface area (Å²) in [6.07, 6.45) is -2.89. The first-order valence-electron chi connectivity index (χ1n) is 6.18. The molecule has 2 heterocycles. The Morgan fingerprint density at radius 2 is 1.90 bits per heavy atom. The molecule has 3 rings (SSSR count). The summed E-state index contributed by atoms with van der Waals surface area (Å²) in [6.45, 7) is -1.11. The van der Waals surface area contributed by atoms with Crippen LogP contribution < -0.4 is 5.73 Å². The van der Waals surface area contributed by atoms with Crippen LogP contribution in [0.25, 0.3) is 22.4 Å². The van der Waals surface area contributed by atoms with Gasteiger partial charge in [-0.2, -0.15) is 13.2 Å². The fourth-order valence-electron chi connectivity index (χ4n) is 2.22. The largest absolute Gasteiger partial charge is 0.406 e. The quantitative estimate of drug-likeness (QED) is 0.789. The van der Waals surface area contributed by atoms with Crippen LogP contribution in [0.3, 0.4) is 0 Å². The summed E-state index contributed by atoms with van der Waals surface area (Å²) >= 11 is 0. The van der Waals surface area contributed by atoms with Crippen molar-refractivity contribution < 1.29 is 13.2 Å². The maximum atomic E-state index is 12.8. The van der Waals surface area contributed by atoms with E-state index in [2.05, 4.69) is 9.97 Å². The molecule has 0 aliphatic heterocycles. The third-order valence-corrected chi connectivity index (χ3v) is 3.03. The number of nitrogen functional groups attached to an aromatic ring is 1. The van der Waals surface area contributed by atoms with E-state index in [9.17, 15) is 13.2 Å². The third-order valence-electron chi connectivity index (χ3n) is 3.03. The monoisotopic (exact) mass is 292 g/mol. The lowest BCUT2D eigenvalue weighted by Crippen LogP contribution is -2.18. The SMILES string of the molecule is Nc1cc(-c2nc3ccccc3n2CC(F)(F)F)ccn1. The van der Waals surface area contributed by atoms with Gasteiger partial charge in [-0.05, 0) is 24.3 Å². The zero-order valence-electron chi connectivity index (χ0n) is 10.8. The Morgan fingerprint density at radius 3 is 2.62 bits per heavy atom. The van der Waals surface area contributed by atoms with Gasteiger partial charge in [-0.1, -0.05) is 12.1 Å². The molecule has 0 atom stereocenters. The van der Waals surface area contributed by atoms with E-state index in [0.717, 1.165) is 4.57 Å². The molecule has 7 heteroatoms. The highest BCUT2D eigenvalue weighted by Gasteiger charge is 2.30. The van der Waals surface area contributed by atoms with Gasteiger partial charge in [-0.25, -0.2) is 9.97 Å². The molecule has 0 radical (unpaired) electrons. The summed E-state index contributed by atoms with van der Waals surface area (Å²) in [7, 11) is 0. The number of aromatic nitrogens is 3. The number of imidazole rings is 1. The smallest absolute Gasteiger partial charge is 0.384 e. The molecular weight excluding hydrogens is 281 g/mol. The molecule has 0 saturated heterocycles. The number of hydrogen-bond acceptors (Lipinski definition) is 3. The number of rotatable bonds is 2. The number of benzene rings is 1. The van der Waals surface area contributed by atoms with Crippen molar-refractivity contribution in [3.8, 4) is 11.4 Å². The highest BCUT2D eigenvalue weighted by molar-refractivity contribution is 5.80. The van der Waals surface area contributed by atoms with Crippen LogP contribution in [-0.2, 0) is 6.54 Å². The molecule has 0 bridgehead atoms. The van der Waals surface area contributed by atoms with Crippen LogP contribution in [0.5, 0.6) is 0 Å². The Kier molecular flexibility index (Phi) is 3.04. The normalized spacial score (nSPS) is 12.0. The van der Waals surface area contributed by atoms with Crippen LogP contribution in [0.2, 0.25) is 0 Å². The number of nitrogens with zero attached hydrogens (tertiary/aromatic N) is 3. The van der Waals surface area contributed by atoms with Gasteiger partial charge in [-0.3, -0.25) is 0 Å². The maximum Gasteiger partial charge on any atom is 0.406 e. The van der Waals surface area contributed by atoms with Gasteiger partial charge >= 0.3 is 6.18 Å². The van der Waals surface area contributed by atoms with Gasteiger partial charge in [0, 0.05) is 11.8 Å². The number of fused-ring (bicyclic) bond motifs is 1. The molecule has 0 unspecified atom stereocenters. The number of halogens is 3. The zero-order valence-corrected chi connectivity index (χ0v) is 10.8. The van der Waals surface area contributed by atoms with E-state index >= 15 is 0 Å². The Balaban J connectivity index is 2.24. The molecule has 4 nitrogen and oxygen atoms in total. The van der Waals surface area contributed by atoms with Crippen molar-refractivity contribution in [2.75, 3.05) is 5.73 Å². The molecule has 0 saturated carbocycles. The molecule has 0 spiro atoms. The number of hydrogen-bond donors (Lipinski definition) is 1. The second kappa shape index (κ2) is 4.76. The van der Waals surface area contributed by atoms with E-state index in [0.29, 0.717) is 16.6 Å². The van der Waals surface area contributed by atoms with Gasteiger partial charge in [0.15, 0.2) is 0 Å². The summed E-state index contributed by atoms with van der Waals surface area (Å²) in [4.78, 5) is 8.13. The number of nitrogens with two attached hydrogens (primary N) is 1. The Hall–Kier alpha value is -2.57. The Bertz CT molecular complexity index is 792. The molecular formula is C14H11F3N4. The second-order valence-corrected chi connectivity index (χ2v) is 4.59. The highest BCUT2D eigenvalue weighted by Crippen LogP contribution is 2.29. The van der Waals surface area contributed by atoms with Crippen LogP contribution in [0.15, 0.2) is 42.6 Å². The number of pyridine rings is 1. The third kappa shape index (κ3) is 2.67. The molecule has 108 valence electrons. The molecule has 0 aliphatic rings. The molecule has 0 aliphatic carbocycles. The van der Waals surface area contributed by atoms with E-state index in [1.54, 1.807) is 30.3 Å². The molecule has 21 heavy (non-hydrogen) atoms. The minimum absolute atomic E-state index is 0.225. The molecule has 2 aromatic heterocycles. The van der Waals surface area contributed by atoms with Gasteiger partial charge in [0.25, 0.3) is 0 Å². The van der Waals surface area contributed by atoms with Crippen molar-refractivity contribution in [3.63, 3.8) is 0 Å². The fourth-order valence-corrected chi connectivity index (χ4v) is 2.22. The summed E-state index contributed by atoms with van der Waals surface area (Å²) in [5.74, 6) is 0.459. The number of alkyl halides is 3. The van der Waals surface area contributed by atoms with Gasteiger partial charge < -0.3 is 10.3 Å². The number of para-hydroxylation sites is 2. The zero-order chi connectivity index (χ0) is 15.0. The Labute approximate surface area is 118 Å². The first kappa shape index (κ1) is 13.4. The number of anilines is 1. The average molecular weight is 292 g/mol. The van der Waals surface area contributed by atoms with Crippen molar-refractivity contribution in [1.29, 1.82) is 0 Å². The lowest BCUT2D eigenvalue weighted by Gasteiger charge is -2.12. The van der Waals surface area contributed by atoms with Gasteiger partial charge in [0.2, 0.25) is 0 Å². The maximum absolute atomic E-state index is 12.8. The molecule has 1 aromatic carbocycles. The minimum atomic E-state index is -4.34. The van der Waals surface area contributed by atoms with Crippen molar-refractivity contribution >= 4 is 16.9 Å². The van der Waals surface area contributed by atoms with Crippen LogP contribution in [0.1, 0.15) is 0 Å². The summed E-state index contributed by atoms with van der Waals surface area (Å²) in [5.41, 5.74) is 7.04. The Morgan fingerprint density at radius 1 is 1.14 bits per heavy atom. The summed E-state index contributed by atoms with van der Waals surface area (Å²) in [5, 5.41) is 0. The van der Waals surface area contributed by atoms with Crippen molar-refractivity contribution in [2.24, 2.45) is 0 Å². The molecule has 0 fully saturated rings. The van der Waals surface area contributed by atoms with Crippen molar-refractivity contribution in [1.82, 2.24) is 14.5 Å². The summed E-state index contributed by atoms with van der Waals surface area (Å²) < 4.78 is 39.7. The van der Waals surface area contributed by atoms with Gasteiger partial charge in [0.05, 0.1) is 11.0 Å². The van der Waals surface area contributed by atoms with Crippen LogP contribution >= 0.6 is 0 Å². The van der Waals surface area contributed by atoms with Gasteiger partial charge in [0.1, 0.15) is 18.2 Å². The second-order valence-electron chi connectivity index (χ2n) is 4.59. The van der Waals surface area contributed by atoms with Crippen molar-refractivity contribution in [2.45, 2.75) is 12.7 Å². The first-order valence-corrected chi connectivity index (χ1v) is 6.18. The molecule has 2 N–H and O–H groups in total. The van der Waals surface area contributed by atoms with Crippen LogP contribution in [0, 0.1) is 0 Å². The van der Waals surface area contributed by atoms with Crippen LogP contribution in [-0.4, -0.2) is 20.7 Å². The van der Waals surface area contributed by atoms with E-state index in [-0.39, 0.29) is 11.6 Å². The predicted molar refractivity (Wildman–Crippen MR) is 73.4 cm³/mol. The molecule has 3 aromatic rings. The summed E-state index contributed by atoms with van der Waals surface area (Å²) in [6, 6.07) is 9.80. The fraction of sp³-hybridized carbons (Fsp3) is 0.143. The van der Waals surface area contributed by atoms with Gasteiger partial charge in [-0.15, -0.1) is 0 Å². The highest BCUT2D eigenvalue weighted by atomic mass is 19.4. The standard InChI is InChI=1S/C14H11F3N4/c15-14(16,17)8-21-11-4-2-1-3-10(11)20-13(21)9-5-6-19-12(18)7-9/h1-7H,8H2,(H2,18,19). The van der Waals surface area contributed by atoms with E-state index in [1.165, 1.54) is 12.3 Å². The van der Waals surface area contributed by atoms with E-state index < -0.39 is 12.7 Å². The van der Waals surface area contributed by atoms with Crippen LogP contribution in [0.4, 0.5) is 19.0 Å². The van der Waals surface area contributed by atoms with E-state index in [1.807, 2.05) is 0 Å².